The summed E-state index contributed by atoms with van der Waals surface area (Å²) >= 11 is 0. The van der Waals surface area contributed by atoms with Crippen molar-refractivity contribution >= 4 is 11.8 Å². The molecule has 1 aromatic rings. The smallest absolute Gasteiger partial charge is 0.258 e. The molecule has 0 fully saturated rings. The number of carbonyl (C=O) groups excluding carboxylic acids is 2. The van der Waals surface area contributed by atoms with Gasteiger partial charge in [0.05, 0.1) is 5.60 Å². The van der Waals surface area contributed by atoms with Gasteiger partial charge in [-0.05, 0) is 44.7 Å². The number of aliphatic hydroxyl groups is 1. The van der Waals surface area contributed by atoms with Gasteiger partial charge in [-0.25, -0.2) is 0 Å². The van der Waals surface area contributed by atoms with E-state index in [0.717, 1.165) is 6.42 Å². The molecule has 0 saturated heterocycles. The zero-order valence-electron chi connectivity index (χ0n) is 15.5. The van der Waals surface area contributed by atoms with Gasteiger partial charge in [0.15, 0.2) is 6.61 Å². The zero-order chi connectivity index (χ0) is 18.9. The van der Waals surface area contributed by atoms with Crippen LogP contribution in [0.1, 0.15) is 40.5 Å². The normalized spacial score (nSPS) is 14.5. The highest BCUT2D eigenvalue weighted by molar-refractivity contribution is 5.87. The Hall–Kier alpha value is -2.08. The molecule has 1 aromatic carbocycles. The fourth-order valence-corrected chi connectivity index (χ4v) is 2.13. The zero-order valence-corrected chi connectivity index (χ0v) is 15.5. The SMILES string of the molecule is CC(C)CC[C@@](C)(O)CNC(=O)[C@H](C)NC(=O)COc1ccccc1. The van der Waals surface area contributed by atoms with Crippen molar-refractivity contribution in [2.24, 2.45) is 5.92 Å². The van der Waals surface area contributed by atoms with E-state index in [1.54, 1.807) is 26.0 Å². The lowest BCUT2D eigenvalue weighted by atomic mass is 9.95. The summed E-state index contributed by atoms with van der Waals surface area (Å²) in [5.74, 6) is 0.372. The second kappa shape index (κ2) is 10.0. The molecule has 25 heavy (non-hydrogen) atoms. The molecule has 0 radical (unpaired) electrons. The van der Waals surface area contributed by atoms with Crippen LogP contribution >= 0.6 is 0 Å². The Morgan fingerprint density at radius 2 is 1.84 bits per heavy atom. The number of amides is 2. The Balaban J connectivity index is 2.32. The van der Waals surface area contributed by atoms with E-state index in [1.807, 2.05) is 18.2 Å². The maximum absolute atomic E-state index is 12.1. The van der Waals surface area contributed by atoms with Crippen LogP contribution in [-0.4, -0.2) is 41.7 Å². The first-order valence-electron chi connectivity index (χ1n) is 8.67. The van der Waals surface area contributed by atoms with Gasteiger partial charge in [-0.1, -0.05) is 32.0 Å². The molecule has 0 aliphatic carbocycles. The summed E-state index contributed by atoms with van der Waals surface area (Å²) in [5, 5.41) is 15.5. The minimum absolute atomic E-state index is 0.152. The Labute approximate surface area is 150 Å². The molecule has 1 rings (SSSR count). The number of hydrogen-bond donors (Lipinski definition) is 3. The molecule has 6 heteroatoms. The maximum Gasteiger partial charge on any atom is 0.258 e. The maximum atomic E-state index is 12.1. The fourth-order valence-electron chi connectivity index (χ4n) is 2.13. The number of rotatable bonds is 10. The molecule has 0 spiro atoms. The third kappa shape index (κ3) is 9.10. The highest BCUT2D eigenvalue weighted by atomic mass is 16.5. The number of para-hydroxylation sites is 1. The van der Waals surface area contributed by atoms with Crippen molar-refractivity contribution < 1.29 is 19.4 Å². The van der Waals surface area contributed by atoms with E-state index >= 15 is 0 Å². The van der Waals surface area contributed by atoms with Crippen LogP contribution in [0.3, 0.4) is 0 Å². The van der Waals surface area contributed by atoms with E-state index in [0.29, 0.717) is 18.1 Å². The third-order valence-corrected chi connectivity index (χ3v) is 3.79. The van der Waals surface area contributed by atoms with Gasteiger partial charge in [0, 0.05) is 6.54 Å². The van der Waals surface area contributed by atoms with Gasteiger partial charge in [-0.3, -0.25) is 9.59 Å². The Morgan fingerprint density at radius 1 is 1.20 bits per heavy atom. The molecular weight excluding hydrogens is 320 g/mol. The standard InChI is InChI=1S/C19H30N2O4/c1-14(2)10-11-19(4,24)13-20-18(23)15(3)21-17(22)12-25-16-8-6-5-7-9-16/h5-9,14-15,24H,10-13H2,1-4H3,(H,20,23)(H,21,22)/t15-,19+/m0/s1. The predicted molar refractivity (Wildman–Crippen MR) is 97.2 cm³/mol. The number of carbonyl (C=O) groups is 2. The molecule has 0 aliphatic heterocycles. The van der Waals surface area contributed by atoms with Crippen molar-refractivity contribution in [3.8, 4) is 5.75 Å². The molecular formula is C19H30N2O4. The molecule has 140 valence electrons. The minimum atomic E-state index is -0.958. The molecule has 2 amide bonds. The molecule has 0 heterocycles. The topological polar surface area (TPSA) is 87.7 Å². The first-order chi connectivity index (χ1) is 11.7. The Bertz CT molecular complexity index is 544. The summed E-state index contributed by atoms with van der Waals surface area (Å²) in [6.45, 7) is 7.46. The van der Waals surface area contributed by atoms with Crippen LogP contribution in [0.5, 0.6) is 5.75 Å². The second-order valence-corrected chi connectivity index (χ2v) is 7.04. The summed E-state index contributed by atoms with van der Waals surface area (Å²) in [5.41, 5.74) is -0.958. The van der Waals surface area contributed by atoms with Crippen molar-refractivity contribution in [2.45, 2.75) is 52.2 Å². The van der Waals surface area contributed by atoms with Gasteiger partial charge < -0.3 is 20.5 Å². The lowest BCUT2D eigenvalue weighted by Crippen LogP contribution is -2.49. The van der Waals surface area contributed by atoms with Crippen LogP contribution < -0.4 is 15.4 Å². The van der Waals surface area contributed by atoms with Gasteiger partial charge >= 0.3 is 0 Å². The van der Waals surface area contributed by atoms with Crippen molar-refractivity contribution in [3.05, 3.63) is 30.3 Å². The number of hydrogen-bond acceptors (Lipinski definition) is 4. The van der Waals surface area contributed by atoms with E-state index in [9.17, 15) is 14.7 Å². The van der Waals surface area contributed by atoms with Crippen molar-refractivity contribution in [1.82, 2.24) is 10.6 Å². The van der Waals surface area contributed by atoms with Crippen LogP contribution in [0.15, 0.2) is 30.3 Å². The first-order valence-corrected chi connectivity index (χ1v) is 8.67. The quantitative estimate of drug-likeness (QED) is 0.601. The first kappa shape index (κ1) is 21.0. The lowest BCUT2D eigenvalue weighted by Gasteiger charge is -2.25. The van der Waals surface area contributed by atoms with Crippen molar-refractivity contribution in [1.29, 1.82) is 0 Å². The minimum Gasteiger partial charge on any atom is -0.484 e. The Kier molecular flexibility index (Phi) is 8.41. The van der Waals surface area contributed by atoms with Gasteiger partial charge in [0.25, 0.3) is 5.91 Å². The fraction of sp³-hybridized carbons (Fsp3) is 0.579. The van der Waals surface area contributed by atoms with E-state index < -0.39 is 11.6 Å². The number of nitrogens with one attached hydrogen (secondary N) is 2. The number of ether oxygens (including phenoxy) is 1. The lowest BCUT2D eigenvalue weighted by molar-refractivity contribution is -0.130. The van der Waals surface area contributed by atoms with Gasteiger partial charge in [-0.2, -0.15) is 0 Å². The Morgan fingerprint density at radius 3 is 2.44 bits per heavy atom. The average Bonchev–Trinajstić information content (AvgIpc) is 2.57. The van der Waals surface area contributed by atoms with Crippen molar-refractivity contribution in [2.75, 3.05) is 13.2 Å². The molecule has 0 saturated carbocycles. The summed E-state index contributed by atoms with van der Waals surface area (Å²) < 4.78 is 5.33. The molecule has 3 N–H and O–H groups in total. The predicted octanol–water partition coefficient (Wildman–Crippen LogP) is 1.87. The van der Waals surface area contributed by atoms with Gasteiger partial charge in [-0.15, -0.1) is 0 Å². The summed E-state index contributed by atoms with van der Waals surface area (Å²) in [6, 6.07) is 8.29. The van der Waals surface area contributed by atoms with E-state index in [-0.39, 0.29) is 25.0 Å². The van der Waals surface area contributed by atoms with Crippen molar-refractivity contribution in [3.63, 3.8) is 0 Å². The second-order valence-electron chi connectivity index (χ2n) is 7.04. The molecule has 0 aliphatic rings. The number of benzene rings is 1. The van der Waals surface area contributed by atoms with Crippen LogP contribution in [0.25, 0.3) is 0 Å². The summed E-state index contributed by atoms with van der Waals surface area (Å²) in [7, 11) is 0. The largest absolute Gasteiger partial charge is 0.484 e. The molecule has 0 bridgehead atoms. The van der Waals surface area contributed by atoms with Crippen LogP contribution in [0.2, 0.25) is 0 Å². The third-order valence-electron chi connectivity index (χ3n) is 3.79. The van der Waals surface area contributed by atoms with Gasteiger partial charge in [0.1, 0.15) is 11.8 Å². The van der Waals surface area contributed by atoms with E-state index in [4.69, 9.17) is 4.74 Å². The average molecular weight is 350 g/mol. The van der Waals surface area contributed by atoms with Gasteiger partial charge in [0.2, 0.25) is 5.91 Å². The van der Waals surface area contributed by atoms with Crippen LogP contribution in [-0.2, 0) is 9.59 Å². The molecule has 0 aromatic heterocycles. The summed E-state index contributed by atoms with van der Waals surface area (Å²) in [4.78, 5) is 23.9. The van der Waals surface area contributed by atoms with E-state index in [1.165, 1.54) is 0 Å². The molecule has 0 unspecified atom stereocenters. The summed E-state index contributed by atoms with van der Waals surface area (Å²) in [6.07, 6.45) is 1.49. The highest BCUT2D eigenvalue weighted by Crippen LogP contribution is 2.15. The molecule has 2 atom stereocenters. The van der Waals surface area contributed by atoms with Crippen LogP contribution in [0.4, 0.5) is 0 Å². The van der Waals surface area contributed by atoms with Crippen LogP contribution in [0, 0.1) is 5.92 Å². The molecule has 6 nitrogen and oxygen atoms in total. The monoisotopic (exact) mass is 350 g/mol. The highest BCUT2D eigenvalue weighted by Gasteiger charge is 2.23. The van der Waals surface area contributed by atoms with E-state index in [2.05, 4.69) is 24.5 Å².